The highest BCUT2D eigenvalue weighted by atomic mass is 35.5. The SMILES string of the molecule is CCCCC(=O)[N]NC(=O)CCCCl. The second-order valence-electron chi connectivity index (χ2n) is 2.94. The normalized spacial score (nSPS) is 9.57. The molecule has 0 saturated heterocycles. The lowest BCUT2D eigenvalue weighted by atomic mass is 10.2. The van der Waals surface area contributed by atoms with Crippen LogP contribution in [0.4, 0.5) is 0 Å². The Hall–Kier alpha value is -0.770. The largest absolute Gasteiger partial charge is 0.273 e. The molecule has 0 atom stereocenters. The molecule has 0 unspecified atom stereocenters. The Morgan fingerprint density at radius 1 is 1.29 bits per heavy atom. The Balaban J connectivity index is 3.41. The molecule has 14 heavy (non-hydrogen) atoms. The lowest BCUT2D eigenvalue weighted by Crippen LogP contribution is -2.35. The van der Waals surface area contributed by atoms with Crippen LogP contribution in [0, 0.1) is 0 Å². The minimum absolute atomic E-state index is 0.254. The van der Waals surface area contributed by atoms with Crippen molar-refractivity contribution in [2.45, 2.75) is 39.0 Å². The zero-order valence-electron chi connectivity index (χ0n) is 8.38. The van der Waals surface area contributed by atoms with E-state index in [0.717, 1.165) is 12.8 Å². The molecule has 0 bridgehead atoms. The van der Waals surface area contributed by atoms with Crippen molar-refractivity contribution >= 4 is 23.4 Å². The molecule has 0 aliphatic rings. The van der Waals surface area contributed by atoms with Crippen LogP contribution in [0.5, 0.6) is 0 Å². The zero-order chi connectivity index (χ0) is 10.8. The summed E-state index contributed by atoms with van der Waals surface area (Å²) >= 11 is 5.40. The number of carbonyl (C=O) groups excluding carboxylic acids is 2. The molecule has 0 aliphatic heterocycles. The van der Waals surface area contributed by atoms with E-state index in [4.69, 9.17) is 11.6 Å². The van der Waals surface area contributed by atoms with Crippen molar-refractivity contribution in [1.29, 1.82) is 0 Å². The number of alkyl halides is 1. The number of hydrogen-bond acceptors (Lipinski definition) is 2. The van der Waals surface area contributed by atoms with Gasteiger partial charge in [-0.25, -0.2) is 5.43 Å². The fourth-order valence-corrected chi connectivity index (χ4v) is 0.926. The van der Waals surface area contributed by atoms with Crippen LogP contribution < -0.4 is 10.9 Å². The molecule has 0 aliphatic carbocycles. The van der Waals surface area contributed by atoms with Crippen LogP contribution in [0.3, 0.4) is 0 Å². The topological polar surface area (TPSA) is 60.3 Å². The number of amides is 2. The van der Waals surface area contributed by atoms with E-state index in [0.29, 0.717) is 25.1 Å². The molecule has 4 nitrogen and oxygen atoms in total. The highest BCUT2D eigenvalue weighted by Gasteiger charge is 2.05. The van der Waals surface area contributed by atoms with E-state index >= 15 is 0 Å². The summed E-state index contributed by atoms with van der Waals surface area (Å²) in [6.07, 6.45) is 3.06. The Bertz CT molecular complexity index is 166. The number of halogens is 1. The molecule has 0 rings (SSSR count). The number of nitrogens with one attached hydrogen (secondary N) is 1. The van der Waals surface area contributed by atoms with Crippen LogP contribution in [-0.4, -0.2) is 17.7 Å². The van der Waals surface area contributed by atoms with Crippen LogP contribution in [0.2, 0.25) is 0 Å². The minimum Gasteiger partial charge on any atom is -0.273 e. The highest BCUT2D eigenvalue weighted by molar-refractivity contribution is 6.17. The number of carbonyl (C=O) groups is 2. The van der Waals surface area contributed by atoms with E-state index in [1.54, 1.807) is 0 Å². The zero-order valence-corrected chi connectivity index (χ0v) is 9.14. The summed E-state index contributed by atoms with van der Waals surface area (Å²) in [5, 5.41) is 0. The van der Waals surface area contributed by atoms with Crippen LogP contribution in [0.1, 0.15) is 39.0 Å². The van der Waals surface area contributed by atoms with E-state index in [1.807, 2.05) is 6.92 Å². The summed E-state index contributed by atoms with van der Waals surface area (Å²) in [5.74, 6) is -0.0847. The first-order chi connectivity index (χ1) is 6.70. The van der Waals surface area contributed by atoms with E-state index in [-0.39, 0.29) is 11.8 Å². The van der Waals surface area contributed by atoms with Gasteiger partial charge in [0, 0.05) is 18.7 Å². The Morgan fingerprint density at radius 2 is 2.00 bits per heavy atom. The van der Waals surface area contributed by atoms with Crippen molar-refractivity contribution in [2.75, 3.05) is 5.88 Å². The van der Waals surface area contributed by atoms with Gasteiger partial charge in [0.1, 0.15) is 0 Å². The van der Waals surface area contributed by atoms with Crippen molar-refractivity contribution in [3.8, 4) is 0 Å². The maximum absolute atomic E-state index is 11.0. The van der Waals surface area contributed by atoms with Gasteiger partial charge in [-0.2, -0.15) is 0 Å². The van der Waals surface area contributed by atoms with Crippen molar-refractivity contribution in [3.63, 3.8) is 0 Å². The smallest absolute Gasteiger partial charge is 0.262 e. The first-order valence-corrected chi connectivity index (χ1v) is 5.32. The molecule has 2 amide bonds. The van der Waals surface area contributed by atoms with E-state index < -0.39 is 0 Å². The molecule has 5 heteroatoms. The van der Waals surface area contributed by atoms with Gasteiger partial charge in [-0.3, -0.25) is 9.59 Å². The average molecular weight is 220 g/mol. The first kappa shape index (κ1) is 13.2. The summed E-state index contributed by atoms with van der Waals surface area (Å²) in [5.41, 5.74) is 5.64. The average Bonchev–Trinajstić information content (AvgIpc) is 2.20. The van der Waals surface area contributed by atoms with Gasteiger partial charge < -0.3 is 0 Å². The molecule has 1 radical (unpaired) electrons. The van der Waals surface area contributed by atoms with Crippen LogP contribution in [0.25, 0.3) is 0 Å². The lowest BCUT2D eigenvalue weighted by Gasteiger charge is -2.02. The predicted molar refractivity (Wildman–Crippen MR) is 54.8 cm³/mol. The molecular formula is C9H16ClN2O2. The van der Waals surface area contributed by atoms with Gasteiger partial charge in [-0.1, -0.05) is 13.3 Å². The van der Waals surface area contributed by atoms with Crippen LogP contribution in [-0.2, 0) is 9.59 Å². The van der Waals surface area contributed by atoms with Gasteiger partial charge >= 0.3 is 0 Å². The van der Waals surface area contributed by atoms with Gasteiger partial charge in [0.2, 0.25) is 5.91 Å². The second kappa shape index (κ2) is 8.81. The van der Waals surface area contributed by atoms with Crippen LogP contribution in [0.15, 0.2) is 0 Å². The van der Waals surface area contributed by atoms with Crippen molar-refractivity contribution in [3.05, 3.63) is 0 Å². The van der Waals surface area contributed by atoms with Gasteiger partial charge in [-0.05, 0) is 12.8 Å². The lowest BCUT2D eigenvalue weighted by molar-refractivity contribution is -0.129. The maximum Gasteiger partial charge on any atom is 0.262 e. The summed E-state index contributed by atoms with van der Waals surface area (Å²) in [7, 11) is 0. The number of unbranched alkanes of at least 4 members (excludes halogenated alkanes) is 1. The third-order valence-electron chi connectivity index (χ3n) is 1.59. The van der Waals surface area contributed by atoms with Crippen molar-refractivity contribution in [2.24, 2.45) is 0 Å². The van der Waals surface area contributed by atoms with Crippen molar-refractivity contribution < 1.29 is 9.59 Å². The fraction of sp³-hybridized carbons (Fsp3) is 0.778. The third kappa shape index (κ3) is 7.86. The van der Waals surface area contributed by atoms with Gasteiger partial charge in [0.25, 0.3) is 5.91 Å². The molecule has 0 spiro atoms. The van der Waals surface area contributed by atoms with E-state index in [2.05, 4.69) is 10.9 Å². The molecule has 0 aromatic carbocycles. The first-order valence-electron chi connectivity index (χ1n) is 4.79. The summed E-state index contributed by atoms with van der Waals surface area (Å²) in [6.45, 7) is 1.99. The number of nitrogens with zero attached hydrogens (tertiary/aromatic N) is 1. The number of rotatable bonds is 6. The molecule has 81 valence electrons. The minimum atomic E-state index is -0.272. The maximum atomic E-state index is 11.0. The molecule has 0 fully saturated rings. The van der Waals surface area contributed by atoms with Crippen molar-refractivity contribution in [1.82, 2.24) is 10.9 Å². The molecule has 0 heterocycles. The van der Waals surface area contributed by atoms with Crippen LogP contribution >= 0.6 is 11.6 Å². The Labute approximate surface area is 89.4 Å². The summed E-state index contributed by atoms with van der Waals surface area (Å²) in [6, 6.07) is 0. The van der Waals surface area contributed by atoms with Gasteiger partial charge in [0.05, 0.1) is 0 Å². The summed E-state index contributed by atoms with van der Waals surface area (Å²) in [4.78, 5) is 21.9. The Kier molecular flexibility index (Phi) is 8.33. The molecule has 1 N–H and O–H groups in total. The fourth-order valence-electron chi connectivity index (χ4n) is 0.792. The standard InChI is InChI=1S/C9H16ClN2O2/c1-2-3-5-8(13)11-12-9(14)6-4-7-10/h2-7H2,1H3,(H,12,14). The molecule has 0 aromatic heterocycles. The summed E-state index contributed by atoms with van der Waals surface area (Å²) < 4.78 is 0. The van der Waals surface area contributed by atoms with Gasteiger partial charge in [-0.15, -0.1) is 17.0 Å². The van der Waals surface area contributed by atoms with E-state index in [9.17, 15) is 9.59 Å². The Morgan fingerprint density at radius 3 is 2.57 bits per heavy atom. The predicted octanol–water partition coefficient (Wildman–Crippen LogP) is 1.36. The third-order valence-corrected chi connectivity index (χ3v) is 1.85. The number of hydrogen-bond donors (Lipinski definition) is 1. The van der Waals surface area contributed by atoms with Gasteiger partial charge in [0.15, 0.2) is 0 Å². The molecule has 0 aromatic rings. The quantitative estimate of drug-likeness (QED) is 0.542. The molecular weight excluding hydrogens is 204 g/mol. The highest BCUT2D eigenvalue weighted by Crippen LogP contribution is 1.94. The van der Waals surface area contributed by atoms with E-state index in [1.165, 1.54) is 0 Å². The monoisotopic (exact) mass is 219 g/mol. The molecule has 0 saturated carbocycles. The second-order valence-corrected chi connectivity index (χ2v) is 3.31.